The molecular weight excluding hydrogens is 488 g/mol. The number of hydrogen-bond donors (Lipinski definition) is 1. The minimum atomic E-state index is -0.0911. The van der Waals surface area contributed by atoms with E-state index in [0.29, 0.717) is 11.5 Å². The number of aliphatic imine (C=N–C) groups is 1. The number of fused-ring (bicyclic) bond motifs is 2. The van der Waals surface area contributed by atoms with Crippen LogP contribution in [-0.2, 0) is 12.8 Å². The first-order valence-electron chi connectivity index (χ1n) is 13.4. The van der Waals surface area contributed by atoms with Crippen molar-refractivity contribution in [3.8, 4) is 5.75 Å². The molecule has 1 aliphatic carbocycles. The van der Waals surface area contributed by atoms with Gasteiger partial charge in [-0.25, -0.2) is 4.99 Å². The molecule has 1 atom stereocenters. The molecule has 1 N–H and O–H groups in total. The van der Waals surface area contributed by atoms with Gasteiger partial charge in [-0.15, -0.1) is 11.3 Å². The smallest absolute Gasteiger partial charge is 0.259 e. The third kappa shape index (κ3) is 5.53. The predicted octanol–water partition coefficient (Wildman–Crippen LogP) is 8.84. The Kier molecular flexibility index (Phi) is 7.40. The van der Waals surface area contributed by atoms with Gasteiger partial charge in [0.25, 0.3) is 5.91 Å². The summed E-state index contributed by atoms with van der Waals surface area (Å²) >= 11 is 1.67. The third-order valence-corrected chi connectivity index (χ3v) is 8.50. The van der Waals surface area contributed by atoms with E-state index in [-0.39, 0.29) is 17.4 Å². The zero-order valence-corrected chi connectivity index (χ0v) is 23.7. The molecule has 0 unspecified atom stereocenters. The lowest BCUT2D eigenvalue weighted by atomic mass is 9.72. The monoisotopic (exact) mass is 524 g/mol. The second kappa shape index (κ2) is 10.7. The second-order valence-corrected chi connectivity index (χ2v) is 12.5. The largest absolute Gasteiger partial charge is 0.490 e. The van der Waals surface area contributed by atoms with Crippen molar-refractivity contribution in [1.82, 2.24) is 0 Å². The van der Waals surface area contributed by atoms with Crippen molar-refractivity contribution >= 4 is 44.9 Å². The number of nitrogens with one attached hydrogen (secondary N) is 1. The summed E-state index contributed by atoms with van der Waals surface area (Å²) in [6, 6.07) is 22.0. The lowest BCUT2D eigenvalue weighted by molar-refractivity contribution is 0.102. The molecule has 196 valence electrons. The van der Waals surface area contributed by atoms with Crippen LogP contribution in [0.5, 0.6) is 5.75 Å². The number of thiophene rings is 1. The first kappa shape index (κ1) is 26.2. The molecule has 0 radical (unpaired) electrons. The molecule has 0 saturated carbocycles. The quantitative estimate of drug-likeness (QED) is 0.256. The van der Waals surface area contributed by atoms with Crippen LogP contribution < -0.4 is 10.1 Å². The fraction of sp³-hybridized carbons (Fsp3) is 0.333. The summed E-state index contributed by atoms with van der Waals surface area (Å²) in [5.74, 6) is 1.29. The van der Waals surface area contributed by atoms with Crippen LogP contribution in [0.25, 0.3) is 10.8 Å². The molecular formula is C33H36N2O2S. The molecule has 5 rings (SSSR count). The van der Waals surface area contributed by atoms with Crippen LogP contribution in [0.3, 0.4) is 0 Å². The number of carbonyl (C=O) groups excluding carboxylic acids is 1. The highest BCUT2D eigenvalue weighted by molar-refractivity contribution is 7.16. The van der Waals surface area contributed by atoms with Gasteiger partial charge in [-0.05, 0) is 79.0 Å². The van der Waals surface area contributed by atoms with Gasteiger partial charge >= 0.3 is 0 Å². The highest BCUT2D eigenvalue weighted by Crippen LogP contribution is 2.45. The number of ether oxygens (including phenoxy) is 1. The van der Waals surface area contributed by atoms with Crippen LogP contribution in [-0.4, -0.2) is 18.2 Å². The molecule has 0 bridgehead atoms. The molecule has 38 heavy (non-hydrogen) atoms. The summed E-state index contributed by atoms with van der Waals surface area (Å²) in [6.07, 6.45) is 4.89. The highest BCUT2D eigenvalue weighted by Gasteiger charge is 2.33. The molecule has 1 aliphatic rings. The van der Waals surface area contributed by atoms with Gasteiger partial charge < -0.3 is 10.1 Å². The number of benzene rings is 3. The second-order valence-electron chi connectivity index (χ2n) is 11.4. The number of hydrogen-bond acceptors (Lipinski definition) is 4. The maximum Gasteiger partial charge on any atom is 0.259 e. The Morgan fingerprint density at radius 3 is 2.53 bits per heavy atom. The van der Waals surface area contributed by atoms with Crippen LogP contribution in [0.2, 0.25) is 0 Å². The minimum absolute atomic E-state index is 0.0407. The van der Waals surface area contributed by atoms with Crippen LogP contribution >= 0.6 is 11.3 Å². The lowest BCUT2D eigenvalue weighted by Gasteiger charge is -2.33. The van der Waals surface area contributed by atoms with E-state index in [1.54, 1.807) is 11.3 Å². The van der Waals surface area contributed by atoms with Crippen molar-refractivity contribution in [3.05, 3.63) is 88.3 Å². The SMILES string of the molecule is CC(C)Oc1ccc2ccccc2c1C=Nc1sc2c(c1C(=O)Nc1ccccc1)CC[C@H](C(C)(C)C)C2. The van der Waals surface area contributed by atoms with Gasteiger partial charge in [0.2, 0.25) is 0 Å². The van der Waals surface area contributed by atoms with Crippen molar-refractivity contribution in [2.75, 3.05) is 5.32 Å². The molecule has 4 nitrogen and oxygen atoms in total. The van der Waals surface area contributed by atoms with Gasteiger partial charge in [-0.2, -0.15) is 0 Å². The first-order valence-corrected chi connectivity index (χ1v) is 14.3. The Bertz CT molecular complexity index is 1480. The molecule has 3 aromatic carbocycles. The maximum absolute atomic E-state index is 13.7. The van der Waals surface area contributed by atoms with Crippen molar-refractivity contribution in [3.63, 3.8) is 0 Å². The lowest BCUT2D eigenvalue weighted by Crippen LogP contribution is -2.27. The molecule has 0 saturated heterocycles. The summed E-state index contributed by atoms with van der Waals surface area (Å²) in [5.41, 5.74) is 3.82. The molecule has 0 aliphatic heterocycles. The van der Waals surface area contributed by atoms with Gasteiger partial charge in [0, 0.05) is 22.3 Å². The van der Waals surface area contributed by atoms with Gasteiger partial charge in [-0.1, -0.05) is 69.3 Å². The summed E-state index contributed by atoms with van der Waals surface area (Å²) in [6.45, 7) is 11.0. The number of rotatable bonds is 6. The standard InChI is InChI=1S/C33H36N2O2S/c1-21(2)37-28-18-15-22-11-9-10-14-25(22)27(28)20-34-32-30(31(36)35-24-12-7-6-8-13-24)26-17-16-23(33(3,4)5)19-29(26)38-32/h6-15,18,20-21,23H,16-17,19H2,1-5H3,(H,35,36)/t23-/m0/s1. The zero-order chi connectivity index (χ0) is 26.9. The van der Waals surface area contributed by atoms with E-state index in [4.69, 9.17) is 9.73 Å². The van der Waals surface area contributed by atoms with Crippen LogP contribution in [0.4, 0.5) is 10.7 Å². The summed E-state index contributed by atoms with van der Waals surface area (Å²) in [7, 11) is 0. The molecule has 0 fully saturated rings. The number of para-hydroxylation sites is 1. The molecule has 4 aromatic rings. The van der Waals surface area contributed by atoms with E-state index in [1.165, 1.54) is 4.88 Å². The summed E-state index contributed by atoms with van der Waals surface area (Å²) < 4.78 is 6.16. The highest BCUT2D eigenvalue weighted by atomic mass is 32.1. The Morgan fingerprint density at radius 1 is 1.05 bits per heavy atom. The average Bonchev–Trinajstić information content (AvgIpc) is 3.25. The predicted molar refractivity (Wildman–Crippen MR) is 161 cm³/mol. The fourth-order valence-corrected chi connectivity index (χ4v) is 6.51. The first-order chi connectivity index (χ1) is 18.2. The summed E-state index contributed by atoms with van der Waals surface area (Å²) in [5, 5.41) is 6.09. The van der Waals surface area contributed by atoms with Gasteiger partial charge in [-0.3, -0.25) is 4.79 Å². The number of carbonyl (C=O) groups is 1. The van der Waals surface area contributed by atoms with Crippen molar-refractivity contribution in [2.24, 2.45) is 16.3 Å². The average molecular weight is 525 g/mol. The van der Waals surface area contributed by atoms with Gasteiger partial charge in [0.15, 0.2) is 0 Å². The Balaban J connectivity index is 1.59. The van der Waals surface area contributed by atoms with Gasteiger partial charge in [0.05, 0.1) is 11.7 Å². The topological polar surface area (TPSA) is 50.7 Å². The number of nitrogens with zero attached hydrogens (tertiary/aromatic N) is 1. The van der Waals surface area contributed by atoms with E-state index in [0.717, 1.165) is 57.6 Å². The normalized spacial score (nSPS) is 15.7. The van der Waals surface area contributed by atoms with Gasteiger partial charge in [0.1, 0.15) is 10.8 Å². The van der Waals surface area contributed by atoms with E-state index in [2.05, 4.69) is 44.3 Å². The van der Waals surface area contributed by atoms with E-state index < -0.39 is 0 Å². The Morgan fingerprint density at radius 2 is 1.79 bits per heavy atom. The third-order valence-electron chi connectivity index (χ3n) is 7.33. The van der Waals surface area contributed by atoms with Crippen molar-refractivity contribution < 1.29 is 9.53 Å². The van der Waals surface area contributed by atoms with Crippen molar-refractivity contribution in [2.45, 2.75) is 60.0 Å². The van der Waals surface area contributed by atoms with Crippen molar-refractivity contribution in [1.29, 1.82) is 0 Å². The molecule has 5 heteroatoms. The van der Waals surface area contributed by atoms with Crippen LogP contribution in [0, 0.1) is 11.3 Å². The molecule has 0 spiro atoms. The van der Waals surface area contributed by atoms with E-state index in [1.807, 2.05) is 68.6 Å². The molecule has 1 aromatic heterocycles. The Hall–Kier alpha value is -3.44. The minimum Gasteiger partial charge on any atom is -0.490 e. The Labute approximate surface area is 229 Å². The maximum atomic E-state index is 13.7. The zero-order valence-electron chi connectivity index (χ0n) is 22.9. The molecule has 1 amide bonds. The number of amides is 1. The van der Waals surface area contributed by atoms with E-state index >= 15 is 0 Å². The fourth-order valence-electron chi connectivity index (χ4n) is 5.24. The van der Waals surface area contributed by atoms with Crippen LogP contribution in [0.1, 0.15) is 67.4 Å². The number of anilines is 1. The summed E-state index contributed by atoms with van der Waals surface area (Å²) in [4.78, 5) is 20.0. The van der Waals surface area contributed by atoms with Crippen LogP contribution in [0.15, 0.2) is 71.7 Å². The molecule has 1 heterocycles. The van der Waals surface area contributed by atoms with E-state index in [9.17, 15) is 4.79 Å².